The number of halogens is 2. The summed E-state index contributed by atoms with van der Waals surface area (Å²) in [5, 5.41) is 9.78. The van der Waals surface area contributed by atoms with Crippen molar-refractivity contribution in [2.24, 2.45) is 0 Å². The van der Waals surface area contributed by atoms with Gasteiger partial charge in [0.15, 0.2) is 0 Å². The fourth-order valence-corrected chi connectivity index (χ4v) is 2.06. The molecule has 0 bridgehead atoms. The number of hydrogen-bond acceptors (Lipinski definition) is 4. The van der Waals surface area contributed by atoms with Gasteiger partial charge >= 0.3 is 7.12 Å². The summed E-state index contributed by atoms with van der Waals surface area (Å²) in [5.41, 5.74) is 1.75. The Balaban J connectivity index is 2.16. The maximum atomic E-state index is 13.9. The van der Waals surface area contributed by atoms with Gasteiger partial charge in [0.25, 0.3) is 0 Å². The highest BCUT2D eigenvalue weighted by atomic mass is 35.5. The molecule has 2 heterocycles. The van der Waals surface area contributed by atoms with E-state index in [-0.39, 0.29) is 17.3 Å². The van der Waals surface area contributed by atoms with Gasteiger partial charge in [0, 0.05) is 5.56 Å². The van der Waals surface area contributed by atoms with Gasteiger partial charge in [0.05, 0.1) is 24.7 Å². The molecule has 1 aliphatic heterocycles. The van der Waals surface area contributed by atoms with Crippen LogP contribution >= 0.6 is 11.6 Å². The molecule has 0 unspecified atom stereocenters. The molecule has 1 aromatic heterocycles. The van der Waals surface area contributed by atoms with Crippen molar-refractivity contribution >= 4 is 24.2 Å². The Bertz CT molecular complexity index is 626. The lowest BCUT2D eigenvalue weighted by Gasteiger charge is -2.06. The zero-order valence-corrected chi connectivity index (χ0v) is 9.86. The minimum Gasteiger partial charge on any atom is -0.423 e. The summed E-state index contributed by atoms with van der Waals surface area (Å²) in [6.07, 6.45) is 2.78. The third kappa shape index (κ3) is 1.88. The smallest absolute Gasteiger partial charge is 0.423 e. The average Bonchev–Trinajstić information content (AvgIpc) is 2.69. The lowest BCUT2D eigenvalue weighted by molar-refractivity contribution is 0.275. The molecule has 0 saturated heterocycles. The maximum absolute atomic E-state index is 13.9. The van der Waals surface area contributed by atoms with Crippen LogP contribution in [0.1, 0.15) is 5.56 Å². The van der Waals surface area contributed by atoms with Gasteiger partial charge in [-0.2, -0.15) is 0 Å². The molecule has 18 heavy (non-hydrogen) atoms. The maximum Gasteiger partial charge on any atom is 0.491 e. The van der Waals surface area contributed by atoms with E-state index in [1.165, 1.54) is 24.5 Å². The van der Waals surface area contributed by atoms with Crippen LogP contribution in [0.3, 0.4) is 0 Å². The normalized spacial score (nSPS) is 13.8. The number of fused-ring (bicyclic) bond motifs is 1. The molecule has 0 saturated carbocycles. The molecule has 1 aliphatic rings. The molecule has 0 spiro atoms. The van der Waals surface area contributed by atoms with Crippen LogP contribution in [0.4, 0.5) is 4.39 Å². The molecule has 4 nitrogen and oxygen atoms in total. The van der Waals surface area contributed by atoms with Gasteiger partial charge in [-0.1, -0.05) is 11.6 Å². The van der Waals surface area contributed by atoms with E-state index < -0.39 is 12.9 Å². The highest BCUT2D eigenvalue weighted by Gasteiger charge is 2.29. The van der Waals surface area contributed by atoms with Gasteiger partial charge in [-0.15, -0.1) is 0 Å². The van der Waals surface area contributed by atoms with Crippen molar-refractivity contribution in [3.8, 4) is 11.3 Å². The molecular weight excluding hydrogens is 257 g/mol. The van der Waals surface area contributed by atoms with Crippen LogP contribution in [0.25, 0.3) is 11.3 Å². The first-order valence-corrected chi connectivity index (χ1v) is 5.63. The summed E-state index contributed by atoms with van der Waals surface area (Å²) >= 11 is 5.72. The van der Waals surface area contributed by atoms with Crippen molar-refractivity contribution in [3.63, 3.8) is 0 Å². The number of benzene rings is 1. The Kier molecular flexibility index (Phi) is 2.78. The van der Waals surface area contributed by atoms with E-state index in [0.29, 0.717) is 16.7 Å². The number of hydrogen-bond donors (Lipinski definition) is 1. The van der Waals surface area contributed by atoms with Gasteiger partial charge in [-0.25, -0.2) is 9.37 Å². The van der Waals surface area contributed by atoms with E-state index in [2.05, 4.69) is 9.97 Å². The van der Waals surface area contributed by atoms with Crippen molar-refractivity contribution in [2.45, 2.75) is 6.61 Å². The summed E-state index contributed by atoms with van der Waals surface area (Å²) in [4.78, 5) is 7.85. The summed E-state index contributed by atoms with van der Waals surface area (Å²) < 4.78 is 19.0. The summed E-state index contributed by atoms with van der Waals surface area (Å²) in [6, 6.07) is 2.85. The Morgan fingerprint density at radius 2 is 2.22 bits per heavy atom. The van der Waals surface area contributed by atoms with E-state index >= 15 is 0 Å². The second kappa shape index (κ2) is 4.31. The molecule has 3 rings (SSSR count). The zero-order chi connectivity index (χ0) is 12.7. The first-order chi connectivity index (χ1) is 8.65. The Hall–Kier alpha value is -1.50. The summed E-state index contributed by atoms with van der Waals surface area (Å²) in [6.45, 7) is 0.203. The standard InChI is InChI=1S/C11H7BClFN2O2/c13-11-4-15-3-10(16-11)7-2-8-6(1-9(7)14)5-18-12(8)17/h1-4,17H,5H2. The van der Waals surface area contributed by atoms with E-state index in [1.54, 1.807) is 0 Å². The van der Waals surface area contributed by atoms with E-state index in [1.807, 2.05) is 0 Å². The second-order valence-electron chi connectivity index (χ2n) is 3.92. The van der Waals surface area contributed by atoms with Gasteiger partial charge < -0.3 is 9.68 Å². The first kappa shape index (κ1) is 11.6. The Morgan fingerprint density at radius 3 is 3.00 bits per heavy atom. The van der Waals surface area contributed by atoms with Crippen LogP contribution in [0, 0.1) is 5.82 Å². The number of rotatable bonds is 1. The molecule has 0 aliphatic carbocycles. The minimum absolute atomic E-state index is 0.184. The summed E-state index contributed by atoms with van der Waals surface area (Å²) in [7, 11) is -1.02. The minimum atomic E-state index is -1.02. The molecule has 0 fully saturated rings. The van der Waals surface area contributed by atoms with Gasteiger partial charge in [0.1, 0.15) is 11.0 Å². The van der Waals surface area contributed by atoms with Crippen LogP contribution in [0.5, 0.6) is 0 Å². The van der Waals surface area contributed by atoms with Crippen LogP contribution in [0.2, 0.25) is 5.15 Å². The molecule has 0 radical (unpaired) electrons. The lowest BCUT2D eigenvalue weighted by atomic mass is 9.78. The molecule has 90 valence electrons. The van der Waals surface area contributed by atoms with Crippen molar-refractivity contribution in [3.05, 3.63) is 41.1 Å². The fourth-order valence-electron chi connectivity index (χ4n) is 1.91. The largest absolute Gasteiger partial charge is 0.491 e. The monoisotopic (exact) mass is 264 g/mol. The molecule has 0 amide bonds. The third-order valence-electron chi connectivity index (χ3n) is 2.77. The fraction of sp³-hybridized carbons (Fsp3) is 0.0909. The Morgan fingerprint density at radius 1 is 1.39 bits per heavy atom. The number of nitrogens with zero attached hydrogens (tertiary/aromatic N) is 2. The zero-order valence-electron chi connectivity index (χ0n) is 9.10. The van der Waals surface area contributed by atoms with Crippen LogP contribution in [-0.2, 0) is 11.3 Å². The van der Waals surface area contributed by atoms with Crippen LogP contribution < -0.4 is 5.46 Å². The molecular formula is C11H7BClFN2O2. The third-order valence-corrected chi connectivity index (χ3v) is 2.95. The second-order valence-corrected chi connectivity index (χ2v) is 4.31. The molecule has 1 aromatic carbocycles. The topological polar surface area (TPSA) is 55.2 Å². The van der Waals surface area contributed by atoms with Gasteiger partial charge in [-0.05, 0) is 23.2 Å². The predicted molar refractivity (Wildman–Crippen MR) is 64.8 cm³/mol. The van der Waals surface area contributed by atoms with Crippen LogP contribution in [-0.4, -0.2) is 22.1 Å². The molecule has 7 heteroatoms. The first-order valence-electron chi connectivity index (χ1n) is 5.25. The van der Waals surface area contributed by atoms with Gasteiger partial charge in [0.2, 0.25) is 0 Å². The van der Waals surface area contributed by atoms with Crippen molar-refractivity contribution in [2.75, 3.05) is 0 Å². The molecule has 1 N–H and O–H groups in total. The van der Waals surface area contributed by atoms with Crippen molar-refractivity contribution in [1.82, 2.24) is 9.97 Å². The highest BCUT2D eigenvalue weighted by molar-refractivity contribution is 6.61. The lowest BCUT2D eigenvalue weighted by Crippen LogP contribution is -2.28. The SMILES string of the molecule is OB1OCc2cc(F)c(-c3cncc(Cl)n3)cc21. The highest BCUT2D eigenvalue weighted by Crippen LogP contribution is 2.23. The molecule has 2 aromatic rings. The molecule has 0 atom stereocenters. The number of aromatic nitrogens is 2. The van der Waals surface area contributed by atoms with E-state index in [4.69, 9.17) is 16.3 Å². The van der Waals surface area contributed by atoms with Crippen LogP contribution in [0.15, 0.2) is 24.5 Å². The van der Waals surface area contributed by atoms with E-state index in [0.717, 1.165) is 0 Å². The predicted octanol–water partition coefficient (Wildman–Crippen LogP) is 1.15. The van der Waals surface area contributed by atoms with Crippen molar-refractivity contribution in [1.29, 1.82) is 0 Å². The summed E-state index contributed by atoms with van der Waals surface area (Å²) in [5.74, 6) is -0.442. The van der Waals surface area contributed by atoms with Gasteiger partial charge in [-0.3, -0.25) is 4.98 Å². The Labute approximate surface area is 108 Å². The van der Waals surface area contributed by atoms with E-state index in [9.17, 15) is 9.41 Å². The average molecular weight is 264 g/mol. The quantitative estimate of drug-likeness (QED) is 0.785. The van der Waals surface area contributed by atoms with Crippen molar-refractivity contribution < 1.29 is 14.1 Å².